The highest BCUT2D eigenvalue weighted by atomic mass is 15.1. The minimum Gasteiger partial charge on any atom is -0.383 e. The highest BCUT2D eigenvalue weighted by Gasteiger charge is 2.04. The number of likely N-dealkylation sites (N-methyl/N-ethyl adjacent to an activating group) is 2. The van der Waals surface area contributed by atoms with Crippen LogP contribution < -0.4 is 20.4 Å². The van der Waals surface area contributed by atoms with Gasteiger partial charge in [-0.2, -0.15) is 20.5 Å². The maximum Gasteiger partial charge on any atom is 0.0887 e. The molecule has 0 spiro atoms. The van der Waals surface area contributed by atoms with Crippen LogP contribution in [0.25, 0.3) is 0 Å². The molecule has 8 nitrogen and oxygen atoms in total. The van der Waals surface area contributed by atoms with Crippen molar-refractivity contribution in [1.82, 2.24) is 0 Å². The first-order valence-electron chi connectivity index (χ1n) is 14.7. The van der Waals surface area contributed by atoms with Gasteiger partial charge in [0.15, 0.2) is 0 Å². The van der Waals surface area contributed by atoms with Gasteiger partial charge in [-0.25, -0.2) is 0 Å². The summed E-state index contributed by atoms with van der Waals surface area (Å²) in [5.41, 5.74) is 9.81. The molecular weight excluding hydrogens is 544 g/mol. The van der Waals surface area contributed by atoms with Gasteiger partial charge in [0.1, 0.15) is 0 Å². The number of hydrogen-bond donors (Lipinski definition) is 2. The summed E-state index contributed by atoms with van der Waals surface area (Å²) < 4.78 is 0. The molecule has 0 aliphatic rings. The Morgan fingerprint density at radius 1 is 0.568 bits per heavy atom. The number of azo groups is 2. The van der Waals surface area contributed by atoms with Crippen molar-refractivity contribution in [1.29, 1.82) is 0 Å². The fraction of sp³-hybridized carbons (Fsp3) is 0.222. The second kappa shape index (κ2) is 15.8. The van der Waals surface area contributed by atoms with E-state index in [9.17, 15) is 0 Å². The molecule has 226 valence electrons. The molecule has 0 aliphatic heterocycles. The minimum absolute atomic E-state index is 0.769. The first kappa shape index (κ1) is 31.7. The lowest BCUT2D eigenvalue weighted by Gasteiger charge is -2.17. The van der Waals surface area contributed by atoms with E-state index >= 15 is 0 Å². The van der Waals surface area contributed by atoms with Gasteiger partial charge in [-0.3, -0.25) is 0 Å². The standard InChI is InChI=1S/C36H42N8/c1-7-23-43(5)33-17-19-35(27(3)25-33)41-39-31-13-9-29(10-14-31)37-21-22-38-30-11-15-32(16-12-30)40-42-36-20-18-34(26-28(36)4)44(6)24-8-2/h7-20,25-26,37-38H,1-2,21-24H2,3-6H3. The topological polar surface area (TPSA) is 80.0 Å². The third-order valence-corrected chi connectivity index (χ3v) is 7.11. The van der Waals surface area contributed by atoms with Gasteiger partial charge in [0.05, 0.1) is 22.7 Å². The van der Waals surface area contributed by atoms with Gasteiger partial charge >= 0.3 is 0 Å². The van der Waals surface area contributed by atoms with Gasteiger partial charge in [0.2, 0.25) is 0 Å². The van der Waals surface area contributed by atoms with Crippen molar-refractivity contribution >= 4 is 45.5 Å². The first-order chi connectivity index (χ1) is 21.4. The van der Waals surface area contributed by atoms with Crippen molar-refractivity contribution in [3.05, 3.63) is 121 Å². The summed E-state index contributed by atoms with van der Waals surface area (Å²) in [7, 11) is 4.09. The zero-order chi connectivity index (χ0) is 31.3. The Morgan fingerprint density at radius 3 is 1.30 bits per heavy atom. The smallest absolute Gasteiger partial charge is 0.0887 e. The molecule has 44 heavy (non-hydrogen) atoms. The minimum atomic E-state index is 0.769. The van der Waals surface area contributed by atoms with Crippen LogP contribution in [0.15, 0.2) is 131 Å². The summed E-state index contributed by atoms with van der Waals surface area (Å²) in [4.78, 5) is 4.28. The SMILES string of the molecule is C=CCN(C)c1ccc(N=Nc2ccc(NCCNc3ccc(N=Nc4ccc(N(C)CC=C)cc4C)cc3)cc2)c(C)c1. The zero-order valence-electron chi connectivity index (χ0n) is 26.2. The molecule has 0 fully saturated rings. The summed E-state index contributed by atoms with van der Waals surface area (Å²) >= 11 is 0. The predicted octanol–water partition coefficient (Wildman–Crippen LogP) is 9.90. The molecule has 0 amide bonds. The van der Waals surface area contributed by atoms with E-state index in [4.69, 9.17) is 0 Å². The van der Waals surface area contributed by atoms with Crippen molar-refractivity contribution in [3.8, 4) is 0 Å². The van der Waals surface area contributed by atoms with Crippen LogP contribution in [0.1, 0.15) is 11.1 Å². The highest BCUT2D eigenvalue weighted by molar-refractivity contribution is 5.59. The third-order valence-electron chi connectivity index (χ3n) is 7.11. The maximum atomic E-state index is 4.45. The van der Waals surface area contributed by atoms with Crippen LogP contribution in [0, 0.1) is 13.8 Å². The normalized spacial score (nSPS) is 11.1. The molecule has 0 heterocycles. The number of anilines is 4. The molecule has 0 bridgehead atoms. The Morgan fingerprint density at radius 2 is 0.955 bits per heavy atom. The van der Waals surface area contributed by atoms with E-state index in [0.29, 0.717) is 0 Å². The Bertz CT molecular complexity index is 1470. The highest BCUT2D eigenvalue weighted by Crippen LogP contribution is 2.28. The van der Waals surface area contributed by atoms with Crippen LogP contribution in [0.2, 0.25) is 0 Å². The van der Waals surface area contributed by atoms with Crippen LogP contribution >= 0.6 is 0 Å². The van der Waals surface area contributed by atoms with E-state index in [1.54, 1.807) is 0 Å². The maximum absolute atomic E-state index is 4.45. The second-order valence-corrected chi connectivity index (χ2v) is 10.6. The number of nitrogens with one attached hydrogen (secondary N) is 2. The largest absolute Gasteiger partial charge is 0.383 e. The fourth-order valence-electron chi connectivity index (χ4n) is 4.51. The van der Waals surface area contributed by atoms with Crippen LogP contribution in [0.5, 0.6) is 0 Å². The van der Waals surface area contributed by atoms with Gasteiger partial charge in [0.25, 0.3) is 0 Å². The molecule has 0 aliphatic carbocycles. The van der Waals surface area contributed by atoms with Gasteiger partial charge in [0, 0.05) is 63.0 Å². The summed E-state index contributed by atoms with van der Waals surface area (Å²) in [6, 6.07) is 28.3. The van der Waals surface area contributed by atoms with E-state index in [-0.39, 0.29) is 0 Å². The number of nitrogens with zero attached hydrogens (tertiary/aromatic N) is 6. The predicted molar refractivity (Wildman–Crippen MR) is 188 cm³/mol. The molecule has 0 saturated heterocycles. The molecule has 0 aromatic heterocycles. The number of aryl methyl sites for hydroxylation is 2. The zero-order valence-corrected chi connectivity index (χ0v) is 26.2. The quantitative estimate of drug-likeness (QED) is 0.0825. The van der Waals surface area contributed by atoms with Crippen molar-refractivity contribution in [2.45, 2.75) is 13.8 Å². The average molecular weight is 587 g/mol. The van der Waals surface area contributed by atoms with Crippen LogP contribution in [0.3, 0.4) is 0 Å². The molecule has 0 atom stereocenters. The Balaban J connectivity index is 1.21. The molecular formula is C36H42N8. The average Bonchev–Trinajstić information content (AvgIpc) is 3.03. The summed E-state index contributed by atoms with van der Waals surface area (Å²) in [5.74, 6) is 0. The molecule has 0 saturated carbocycles. The Labute approximate surface area is 261 Å². The molecule has 4 rings (SSSR count). The molecule has 2 N–H and O–H groups in total. The monoisotopic (exact) mass is 586 g/mol. The van der Waals surface area contributed by atoms with Gasteiger partial charge in [-0.05, 0) is 110 Å². The van der Waals surface area contributed by atoms with E-state index < -0.39 is 0 Å². The number of benzene rings is 4. The van der Waals surface area contributed by atoms with E-state index in [1.165, 1.54) is 0 Å². The second-order valence-electron chi connectivity index (χ2n) is 10.6. The lowest BCUT2D eigenvalue weighted by atomic mass is 10.1. The van der Waals surface area contributed by atoms with Gasteiger partial charge < -0.3 is 20.4 Å². The van der Waals surface area contributed by atoms with Crippen LogP contribution in [-0.2, 0) is 0 Å². The van der Waals surface area contributed by atoms with Gasteiger partial charge in [-0.1, -0.05) is 12.2 Å². The molecule has 0 unspecified atom stereocenters. The first-order valence-corrected chi connectivity index (χ1v) is 14.7. The molecule has 4 aromatic rings. The van der Waals surface area contributed by atoms with Crippen molar-refractivity contribution in [2.24, 2.45) is 20.5 Å². The van der Waals surface area contributed by atoms with Crippen molar-refractivity contribution < 1.29 is 0 Å². The lowest BCUT2D eigenvalue weighted by Crippen LogP contribution is -2.16. The van der Waals surface area contributed by atoms with Crippen LogP contribution in [0.4, 0.5) is 45.5 Å². The summed E-state index contributed by atoms with van der Waals surface area (Å²) in [6.45, 7) is 14.8. The van der Waals surface area contributed by atoms with Crippen molar-refractivity contribution in [3.63, 3.8) is 0 Å². The van der Waals surface area contributed by atoms with E-state index in [2.05, 4.69) is 78.3 Å². The van der Waals surface area contributed by atoms with Gasteiger partial charge in [-0.15, -0.1) is 13.2 Å². The third kappa shape index (κ3) is 9.13. The Kier molecular flexibility index (Phi) is 11.4. The number of hydrogen-bond acceptors (Lipinski definition) is 8. The summed E-state index contributed by atoms with van der Waals surface area (Å²) in [6.07, 6.45) is 3.78. The lowest BCUT2D eigenvalue weighted by molar-refractivity contribution is 1.03. The van der Waals surface area contributed by atoms with Crippen molar-refractivity contribution in [2.75, 3.05) is 60.7 Å². The van der Waals surface area contributed by atoms with Crippen LogP contribution in [-0.4, -0.2) is 40.3 Å². The molecule has 8 heteroatoms. The van der Waals surface area contributed by atoms with E-state index in [0.717, 1.165) is 82.8 Å². The molecule has 0 radical (unpaired) electrons. The fourth-order valence-corrected chi connectivity index (χ4v) is 4.51. The Hall–Kier alpha value is -5.24. The number of rotatable bonds is 15. The molecule has 4 aromatic carbocycles. The van der Waals surface area contributed by atoms with E-state index in [1.807, 2.05) is 101 Å². The summed E-state index contributed by atoms with van der Waals surface area (Å²) in [5, 5.41) is 24.6.